The number of anilines is 2. The summed E-state index contributed by atoms with van der Waals surface area (Å²) >= 11 is 0. The fraction of sp³-hybridized carbons (Fsp3) is 0.409. The van der Waals surface area contributed by atoms with Crippen molar-refractivity contribution in [1.29, 1.82) is 0 Å². The van der Waals surface area contributed by atoms with Gasteiger partial charge >= 0.3 is 0 Å². The Labute approximate surface area is 177 Å². The molecular formula is C22H27N3O4S. The molecule has 2 saturated heterocycles. The van der Waals surface area contributed by atoms with Crippen LogP contribution in [-0.2, 0) is 21.3 Å². The number of amides is 1. The Morgan fingerprint density at radius 1 is 0.967 bits per heavy atom. The fourth-order valence-corrected chi connectivity index (χ4v) is 5.46. The van der Waals surface area contributed by atoms with E-state index in [9.17, 15) is 13.2 Å². The highest BCUT2D eigenvalue weighted by Gasteiger charge is 2.28. The zero-order valence-electron chi connectivity index (χ0n) is 17.2. The van der Waals surface area contributed by atoms with Crippen molar-refractivity contribution in [3.8, 4) is 0 Å². The maximum absolute atomic E-state index is 12.8. The Balaban J connectivity index is 1.38. The molecule has 1 amide bonds. The summed E-state index contributed by atoms with van der Waals surface area (Å²) in [5.74, 6) is 0.0869. The van der Waals surface area contributed by atoms with Crippen LogP contribution < -0.4 is 9.21 Å². The quantitative estimate of drug-likeness (QED) is 0.730. The highest BCUT2D eigenvalue weighted by molar-refractivity contribution is 7.93. The predicted octanol–water partition coefficient (Wildman–Crippen LogP) is 2.34. The molecule has 0 aliphatic carbocycles. The molecular weight excluding hydrogens is 402 g/mol. The van der Waals surface area contributed by atoms with Crippen molar-refractivity contribution in [2.24, 2.45) is 0 Å². The van der Waals surface area contributed by atoms with E-state index in [1.54, 1.807) is 36.2 Å². The Kier molecular flexibility index (Phi) is 5.97. The van der Waals surface area contributed by atoms with Gasteiger partial charge in [-0.3, -0.25) is 9.10 Å². The van der Waals surface area contributed by atoms with Crippen molar-refractivity contribution in [2.75, 3.05) is 54.9 Å². The number of carbonyl (C=O) groups is 1. The third-order valence-corrected chi connectivity index (χ3v) is 7.45. The van der Waals surface area contributed by atoms with Crippen LogP contribution in [0.2, 0.25) is 0 Å². The molecule has 0 unspecified atom stereocenters. The first-order valence-corrected chi connectivity index (χ1v) is 11.8. The fourth-order valence-electron chi connectivity index (χ4n) is 3.90. The van der Waals surface area contributed by atoms with Gasteiger partial charge in [0.15, 0.2) is 0 Å². The molecule has 30 heavy (non-hydrogen) atoms. The molecule has 0 spiro atoms. The molecule has 2 aromatic carbocycles. The molecule has 0 saturated carbocycles. The van der Waals surface area contributed by atoms with Crippen molar-refractivity contribution in [2.45, 2.75) is 13.0 Å². The Bertz CT molecular complexity index is 984. The average Bonchev–Trinajstić information content (AvgIpc) is 3.13. The summed E-state index contributed by atoms with van der Waals surface area (Å²) in [6, 6.07) is 15.1. The molecule has 0 radical (unpaired) electrons. The van der Waals surface area contributed by atoms with E-state index in [2.05, 4.69) is 29.2 Å². The van der Waals surface area contributed by atoms with E-state index in [0.717, 1.165) is 31.9 Å². The van der Waals surface area contributed by atoms with Crippen LogP contribution in [0, 0.1) is 0 Å². The van der Waals surface area contributed by atoms with Gasteiger partial charge in [-0.15, -0.1) is 0 Å². The normalized spacial score (nSPS) is 18.4. The molecule has 2 fully saturated rings. The standard InChI is InChI=1S/C22H27N3O4S/c1-23(17-18-3-7-20(8-4-18)24-12-14-29-15-13-24)22(26)19-5-9-21(10-6-19)25-11-2-16-30(25,27)28/h3-10H,2,11-17H2,1H3. The van der Waals surface area contributed by atoms with Gasteiger partial charge in [-0.25, -0.2) is 8.42 Å². The summed E-state index contributed by atoms with van der Waals surface area (Å²) in [6.45, 7) is 4.29. The zero-order valence-corrected chi connectivity index (χ0v) is 18.0. The van der Waals surface area contributed by atoms with Crippen LogP contribution in [0.3, 0.4) is 0 Å². The number of nitrogens with zero attached hydrogens (tertiary/aromatic N) is 3. The van der Waals surface area contributed by atoms with Gasteiger partial charge < -0.3 is 14.5 Å². The number of sulfonamides is 1. The lowest BCUT2D eigenvalue weighted by Crippen LogP contribution is -2.36. The Hall–Kier alpha value is -2.58. The van der Waals surface area contributed by atoms with E-state index in [1.807, 2.05) is 0 Å². The van der Waals surface area contributed by atoms with Crippen molar-refractivity contribution in [3.05, 3.63) is 59.7 Å². The van der Waals surface area contributed by atoms with E-state index in [4.69, 9.17) is 4.74 Å². The third-order valence-electron chi connectivity index (χ3n) is 5.58. The van der Waals surface area contributed by atoms with E-state index in [-0.39, 0.29) is 11.7 Å². The second kappa shape index (κ2) is 8.65. The zero-order chi connectivity index (χ0) is 21.1. The number of benzene rings is 2. The minimum atomic E-state index is -3.21. The SMILES string of the molecule is CN(Cc1ccc(N2CCOCC2)cc1)C(=O)c1ccc(N2CCCS2(=O)=O)cc1. The lowest BCUT2D eigenvalue weighted by atomic mass is 10.1. The third kappa shape index (κ3) is 4.44. The van der Waals surface area contributed by atoms with Gasteiger partial charge in [-0.05, 0) is 48.4 Å². The van der Waals surface area contributed by atoms with E-state index >= 15 is 0 Å². The number of hydrogen-bond donors (Lipinski definition) is 0. The number of rotatable bonds is 5. The summed E-state index contributed by atoms with van der Waals surface area (Å²) in [4.78, 5) is 16.8. The minimum Gasteiger partial charge on any atom is -0.378 e. The summed E-state index contributed by atoms with van der Waals surface area (Å²) in [5.41, 5.74) is 3.39. The molecule has 4 rings (SSSR count). The summed E-state index contributed by atoms with van der Waals surface area (Å²) in [6.07, 6.45) is 0.635. The highest BCUT2D eigenvalue weighted by Crippen LogP contribution is 2.24. The van der Waals surface area contributed by atoms with E-state index < -0.39 is 10.0 Å². The molecule has 0 aromatic heterocycles. The lowest BCUT2D eigenvalue weighted by Gasteiger charge is -2.29. The Morgan fingerprint density at radius 3 is 2.20 bits per heavy atom. The monoisotopic (exact) mass is 429 g/mol. The molecule has 2 aliphatic heterocycles. The predicted molar refractivity (Wildman–Crippen MR) is 117 cm³/mol. The van der Waals surface area contributed by atoms with Gasteiger partial charge in [0.05, 0.1) is 24.7 Å². The van der Waals surface area contributed by atoms with Gasteiger partial charge in [-0.2, -0.15) is 0 Å². The van der Waals surface area contributed by atoms with Gasteiger partial charge in [0.1, 0.15) is 0 Å². The summed E-state index contributed by atoms with van der Waals surface area (Å²) in [7, 11) is -1.44. The van der Waals surface area contributed by atoms with Gasteiger partial charge in [0.25, 0.3) is 5.91 Å². The van der Waals surface area contributed by atoms with Gasteiger partial charge in [0.2, 0.25) is 10.0 Å². The topological polar surface area (TPSA) is 70.2 Å². The average molecular weight is 430 g/mol. The van der Waals surface area contributed by atoms with Crippen LogP contribution in [0.4, 0.5) is 11.4 Å². The smallest absolute Gasteiger partial charge is 0.253 e. The highest BCUT2D eigenvalue weighted by atomic mass is 32.2. The number of carbonyl (C=O) groups excluding carboxylic acids is 1. The molecule has 0 N–H and O–H groups in total. The van der Waals surface area contributed by atoms with Crippen molar-refractivity contribution in [1.82, 2.24) is 4.90 Å². The summed E-state index contributed by atoms with van der Waals surface area (Å²) in [5, 5.41) is 0. The van der Waals surface area contributed by atoms with Crippen LogP contribution in [0.1, 0.15) is 22.3 Å². The molecule has 0 bridgehead atoms. The first-order valence-electron chi connectivity index (χ1n) is 10.2. The Morgan fingerprint density at radius 2 is 1.60 bits per heavy atom. The van der Waals surface area contributed by atoms with Crippen molar-refractivity contribution in [3.63, 3.8) is 0 Å². The summed E-state index contributed by atoms with van der Waals surface area (Å²) < 4.78 is 30.9. The first-order chi connectivity index (χ1) is 14.4. The first kappa shape index (κ1) is 20.7. The number of ether oxygens (including phenoxy) is 1. The molecule has 2 aromatic rings. The van der Waals surface area contributed by atoms with E-state index in [1.165, 1.54) is 9.99 Å². The molecule has 2 heterocycles. The minimum absolute atomic E-state index is 0.0944. The molecule has 160 valence electrons. The number of morpholine rings is 1. The maximum Gasteiger partial charge on any atom is 0.253 e. The van der Waals surface area contributed by atoms with E-state index in [0.29, 0.717) is 30.8 Å². The second-order valence-electron chi connectivity index (χ2n) is 7.72. The van der Waals surface area contributed by atoms with Crippen LogP contribution >= 0.6 is 0 Å². The van der Waals surface area contributed by atoms with Crippen LogP contribution in [-0.4, -0.2) is 64.9 Å². The molecule has 7 nitrogen and oxygen atoms in total. The number of hydrogen-bond acceptors (Lipinski definition) is 5. The lowest BCUT2D eigenvalue weighted by molar-refractivity contribution is 0.0785. The van der Waals surface area contributed by atoms with Crippen molar-refractivity contribution >= 4 is 27.3 Å². The second-order valence-corrected chi connectivity index (χ2v) is 9.73. The van der Waals surface area contributed by atoms with Crippen LogP contribution in [0.15, 0.2) is 48.5 Å². The molecule has 0 atom stereocenters. The maximum atomic E-state index is 12.8. The van der Waals surface area contributed by atoms with Crippen molar-refractivity contribution < 1.29 is 17.9 Å². The van der Waals surface area contributed by atoms with Gasteiger partial charge in [0, 0.05) is 44.5 Å². The van der Waals surface area contributed by atoms with Gasteiger partial charge in [-0.1, -0.05) is 12.1 Å². The van der Waals surface area contributed by atoms with Crippen LogP contribution in [0.5, 0.6) is 0 Å². The molecule has 8 heteroatoms. The molecule has 2 aliphatic rings. The van der Waals surface area contributed by atoms with Crippen LogP contribution in [0.25, 0.3) is 0 Å². The largest absolute Gasteiger partial charge is 0.378 e.